The molecule has 0 spiro atoms. The lowest BCUT2D eigenvalue weighted by Crippen LogP contribution is -2.50. The van der Waals surface area contributed by atoms with Crippen LogP contribution < -0.4 is 16.0 Å². The van der Waals surface area contributed by atoms with Gasteiger partial charge in [-0.05, 0) is 44.2 Å². The second-order valence-corrected chi connectivity index (χ2v) is 8.18. The fourth-order valence-corrected chi connectivity index (χ4v) is 3.69. The quantitative estimate of drug-likeness (QED) is 0.541. The van der Waals surface area contributed by atoms with Gasteiger partial charge >= 0.3 is 0 Å². The molecule has 0 unspecified atom stereocenters. The highest BCUT2D eigenvalue weighted by Gasteiger charge is 2.29. The van der Waals surface area contributed by atoms with Gasteiger partial charge < -0.3 is 20.9 Å². The third-order valence-corrected chi connectivity index (χ3v) is 5.12. The molecule has 0 radical (unpaired) electrons. The van der Waals surface area contributed by atoms with E-state index in [1.807, 2.05) is 45.0 Å². The Hall–Kier alpha value is -2.90. The van der Waals surface area contributed by atoms with Crippen LogP contribution in [0.4, 0.5) is 0 Å². The first-order chi connectivity index (χ1) is 13.8. The Morgan fingerprint density at radius 2 is 1.97 bits per heavy atom. The molecule has 0 aliphatic carbocycles. The molecule has 1 aliphatic heterocycles. The number of rotatable bonds is 8. The fraction of sp³-hybridized carbons (Fsp3) is 0.524. The van der Waals surface area contributed by atoms with Crippen LogP contribution in [0.3, 0.4) is 0 Å². The topological polar surface area (TPSA) is 116 Å². The lowest BCUT2D eigenvalue weighted by atomic mass is 9.98. The van der Waals surface area contributed by atoms with Gasteiger partial charge in [-0.25, -0.2) is 4.98 Å². The van der Waals surface area contributed by atoms with E-state index in [1.165, 1.54) is 0 Å². The summed E-state index contributed by atoms with van der Waals surface area (Å²) in [5.41, 5.74) is 1.47. The number of aromatic amines is 1. The highest BCUT2D eigenvalue weighted by atomic mass is 16.2. The van der Waals surface area contributed by atoms with Crippen LogP contribution in [0, 0.1) is 11.8 Å². The first-order valence-corrected chi connectivity index (χ1v) is 10.2. The molecule has 3 amide bonds. The lowest BCUT2D eigenvalue weighted by Gasteiger charge is -2.23. The van der Waals surface area contributed by atoms with Crippen molar-refractivity contribution in [2.75, 3.05) is 6.54 Å². The summed E-state index contributed by atoms with van der Waals surface area (Å²) in [6, 6.07) is 6.56. The minimum atomic E-state index is -0.671. The van der Waals surface area contributed by atoms with Crippen LogP contribution in [0.1, 0.15) is 50.7 Å². The molecule has 0 saturated carbocycles. The van der Waals surface area contributed by atoms with E-state index in [0.717, 1.165) is 11.9 Å². The molecule has 0 bridgehead atoms. The molecule has 8 heteroatoms. The normalized spacial score (nSPS) is 18.5. The molecule has 3 atom stereocenters. The molecule has 1 aromatic heterocycles. The van der Waals surface area contributed by atoms with Crippen LogP contribution in [-0.4, -0.2) is 46.3 Å². The molecule has 29 heavy (non-hydrogen) atoms. The summed E-state index contributed by atoms with van der Waals surface area (Å²) in [6.07, 6.45) is 1.88. The maximum Gasteiger partial charge on any atom is 0.287 e. The van der Waals surface area contributed by atoms with Gasteiger partial charge in [0.15, 0.2) is 5.82 Å². The predicted molar refractivity (Wildman–Crippen MR) is 110 cm³/mol. The van der Waals surface area contributed by atoms with Gasteiger partial charge in [0.1, 0.15) is 6.04 Å². The zero-order valence-corrected chi connectivity index (χ0v) is 17.1. The molecule has 1 saturated heterocycles. The van der Waals surface area contributed by atoms with Gasteiger partial charge in [-0.2, -0.15) is 0 Å². The minimum absolute atomic E-state index is 0.0445. The number of hydrogen-bond acceptors (Lipinski definition) is 4. The van der Waals surface area contributed by atoms with E-state index in [1.54, 1.807) is 0 Å². The SMILES string of the molecule is CC(C)C[C@H](NC(=O)c1nc2ccccc2[nH]1)C(=O)N[C@H](C)C[C@@H]1CCNC1=O. The van der Waals surface area contributed by atoms with Gasteiger partial charge in [-0.3, -0.25) is 14.4 Å². The summed E-state index contributed by atoms with van der Waals surface area (Å²) in [5.74, 6) is -0.276. The van der Waals surface area contributed by atoms with Crippen molar-refractivity contribution in [1.29, 1.82) is 0 Å². The maximum absolute atomic E-state index is 12.8. The van der Waals surface area contributed by atoms with Crippen LogP contribution >= 0.6 is 0 Å². The van der Waals surface area contributed by atoms with Crippen LogP contribution in [0.2, 0.25) is 0 Å². The zero-order valence-electron chi connectivity index (χ0n) is 17.1. The summed E-state index contributed by atoms with van der Waals surface area (Å²) in [7, 11) is 0. The van der Waals surface area contributed by atoms with Gasteiger partial charge in [0.05, 0.1) is 11.0 Å². The van der Waals surface area contributed by atoms with Crippen LogP contribution in [0.25, 0.3) is 11.0 Å². The van der Waals surface area contributed by atoms with E-state index in [0.29, 0.717) is 24.9 Å². The van der Waals surface area contributed by atoms with Gasteiger partial charge in [0, 0.05) is 18.5 Å². The second kappa shape index (κ2) is 9.07. The monoisotopic (exact) mass is 399 g/mol. The Bertz CT molecular complexity index is 858. The van der Waals surface area contributed by atoms with Crippen LogP contribution in [-0.2, 0) is 9.59 Å². The van der Waals surface area contributed by atoms with E-state index in [2.05, 4.69) is 25.9 Å². The molecule has 156 valence electrons. The highest BCUT2D eigenvalue weighted by molar-refractivity contribution is 5.97. The molecule has 2 heterocycles. The van der Waals surface area contributed by atoms with Crippen molar-refractivity contribution in [2.45, 2.75) is 52.1 Å². The number of imidazole rings is 1. The number of benzene rings is 1. The molecule has 8 nitrogen and oxygen atoms in total. The fourth-order valence-electron chi connectivity index (χ4n) is 3.69. The molecular weight excluding hydrogens is 370 g/mol. The Kier molecular flexibility index (Phi) is 6.51. The molecule has 4 N–H and O–H groups in total. The van der Waals surface area contributed by atoms with E-state index in [9.17, 15) is 14.4 Å². The number of hydrogen-bond donors (Lipinski definition) is 4. The van der Waals surface area contributed by atoms with Crippen molar-refractivity contribution >= 4 is 28.8 Å². The Labute approximate surface area is 170 Å². The van der Waals surface area contributed by atoms with Crippen molar-refractivity contribution in [2.24, 2.45) is 11.8 Å². The van der Waals surface area contributed by atoms with Crippen LogP contribution in [0.15, 0.2) is 24.3 Å². The molecule has 1 fully saturated rings. The average molecular weight is 399 g/mol. The van der Waals surface area contributed by atoms with Crippen molar-refractivity contribution < 1.29 is 14.4 Å². The van der Waals surface area contributed by atoms with E-state index in [4.69, 9.17) is 0 Å². The predicted octanol–water partition coefficient (Wildman–Crippen LogP) is 1.74. The number of carbonyl (C=O) groups excluding carboxylic acids is 3. The average Bonchev–Trinajstić information content (AvgIpc) is 3.27. The Morgan fingerprint density at radius 1 is 1.21 bits per heavy atom. The molecular formula is C21H29N5O3. The molecule has 1 aliphatic rings. The van der Waals surface area contributed by atoms with Crippen molar-refractivity contribution in [3.8, 4) is 0 Å². The largest absolute Gasteiger partial charge is 0.356 e. The summed E-state index contributed by atoms with van der Waals surface area (Å²) in [4.78, 5) is 44.6. The van der Waals surface area contributed by atoms with Gasteiger partial charge in [0.25, 0.3) is 5.91 Å². The number of para-hydroxylation sites is 2. The number of nitrogens with zero attached hydrogens (tertiary/aromatic N) is 1. The summed E-state index contributed by atoms with van der Waals surface area (Å²) in [5, 5.41) is 8.57. The number of H-pyrrole nitrogens is 1. The van der Waals surface area contributed by atoms with Crippen LogP contribution in [0.5, 0.6) is 0 Å². The maximum atomic E-state index is 12.8. The number of amides is 3. The van der Waals surface area contributed by atoms with Gasteiger partial charge in [-0.1, -0.05) is 26.0 Å². The first-order valence-electron chi connectivity index (χ1n) is 10.2. The highest BCUT2D eigenvalue weighted by Crippen LogP contribution is 2.16. The standard InChI is InChI=1S/C21H29N5O3/c1-12(2)10-17(20(28)23-13(3)11-14-8-9-22-19(14)27)26-21(29)18-24-15-6-4-5-7-16(15)25-18/h4-7,12-14,17H,8-11H2,1-3H3,(H,22,27)(H,23,28)(H,24,25)(H,26,29)/t13-,14+,17+/m1/s1. The van der Waals surface area contributed by atoms with E-state index in [-0.39, 0.29) is 35.5 Å². The Balaban J connectivity index is 1.63. The third kappa shape index (κ3) is 5.34. The first kappa shape index (κ1) is 20.8. The van der Waals surface area contributed by atoms with Crippen molar-refractivity contribution in [3.63, 3.8) is 0 Å². The number of aromatic nitrogens is 2. The third-order valence-electron chi connectivity index (χ3n) is 5.12. The van der Waals surface area contributed by atoms with Gasteiger partial charge in [-0.15, -0.1) is 0 Å². The molecule has 1 aromatic carbocycles. The second-order valence-electron chi connectivity index (χ2n) is 8.18. The van der Waals surface area contributed by atoms with Crippen molar-refractivity contribution in [1.82, 2.24) is 25.9 Å². The number of nitrogens with one attached hydrogen (secondary N) is 4. The minimum Gasteiger partial charge on any atom is -0.356 e. The summed E-state index contributed by atoms with van der Waals surface area (Å²) >= 11 is 0. The van der Waals surface area contributed by atoms with Crippen molar-refractivity contribution in [3.05, 3.63) is 30.1 Å². The number of fused-ring (bicyclic) bond motifs is 1. The Morgan fingerprint density at radius 3 is 2.62 bits per heavy atom. The van der Waals surface area contributed by atoms with E-state index >= 15 is 0 Å². The number of carbonyl (C=O) groups is 3. The summed E-state index contributed by atoms with van der Waals surface area (Å²) < 4.78 is 0. The van der Waals surface area contributed by atoms with Gasteiger partial charge in [0.2, 0.25) is 11.8 Å². The van der Waals surface area contributed by atoms with E-state index < -0.39 is 11.9 Å². The molecule has 3 rings (SSSR count). The smallest absolute Gasteiger partial charge is 0.287 e. The molecule has 2 aromatic rings. The lowest BCUT2D eigenvalue weighted by molar-refractivity contribution is -0.125. The zero-order chi connectivity index (χ0) is 21.0. The summed E-state index contributed by atoms with van der Waals surface area (Å²) in [6.45, 7) is 6.57.